The Morgan fingerprint density at radius 3 is 2.53 bits per heavy atom. The summed E-state index contributed by atoms with van der Waals surface area (Å²) in [7, 11) is 1.53. The maximum absolute atomic E-state index is 13.0. The number of aromatic nitrogens is 2. The molecule has 0 aliphatic heterocycles. The summed E-state index contributed by atoms with van der Waals surface area (Å²) < 4.78 is 7.26. The second kappa shape index (κ2) is 8.00. The van der Waals surface area contributed by atoms with Crippen LogP contribution in [0, 0.1) is 6.92 Å². The molecular formula is C22H20N4O3S. The summed E-state index contributed by atoms with van der Waals surface area (Å²) in [6.07, 6.45) is 1.94. The van der Waals surface area contributed by atoms with Crippen LogP contribution in [0.15, 0.2) is 54.7 Å². The number of amides is 2. The molecule has 0 unspecified atom stereocenters. The molecule has 0 saturated carbocycles. The lowest BCUT2D eigenvalue weighted by molar-refractivity contribution is -0.114. The quantitative estimate of drug-likeness (QED) is 0.495. The smallest absolute Gasteiger partial charge is 0.267 e. The van der Waals surface area contributed by atoms with Crippen molar-refractivity contribution in [3.63, 3.8) is 0 Å². The Labute approximate surface area is 177 Å². The normalized spacial score (nSPS) is 10.8. The number of carbonyl (C=O) groups is 2. The highest BCUT2D eigenvalue weighted by Crippen LogP contribution is 2.31. The number of fused-ring (bicyclic) bond motifs is 1. The van der Waals surface area contributed by atoms with Crippen LogP contribution < -0.4 is 15.4 Å². The molecule has 4 rings (SSSR count). The molecule has 0 aliphatic rings. The van der Waals surface area contributed by atoms with Gasteiger partial charge in [0.1, 0.15) is 10.6 Å². The number of benzene rings is 2. The Hall–Kier alpha value is -3.65. The van der Waals surface area contributed by atoms with Gasteiger partial charge in [-0.3, -0.25) is 14.0 Å². The lowest BCUT2D eigenvalue weighted by atomic mass is 10.2. The van der Waals surface area contributed by atoms with E-state index in [2.05, 4.69) is 15.6 Å². The van der Waals surface area contributed by atoms with Crippen molar-refractivity contribution in [3.05, 3.63) is 65.3 Å². The molecule has 2 aromatic carbocycles. The van der Waals surface area contributed by atoms with E-state index in [1.807, 2.05) is 47.9 Å². The van der Waals surface area contributed by atoms with Crippen molar-refractivity contribution in [2.75, 3.05) is 17.7 Å². The SMILES string of the molecule is COc1ccc(NC(C)=O)cc1NC(=O)c1sc2nc(-c3ccccc3)cn2c1C. The number of carbonyl (C=O) groups excluding carboxylic acids is 2. The van der Waals surface area contributed by atoms with Crippen LogP contribution in [0.2, 0.25) is 0 Å². The standard InChI is InChI=1S/C22H20N4O3S/c1-13-20(30-22-25-18(12-26(13)22)15-7-5-4-6-8-15)21(28)24-17-11-16(23-14(2)27)9-10-19(17)29-3/h4-12H,1-3H3,(H,23,27)(H,24,28). The summed E-state index contributed by atoms with van der Waals surface area (Å²) >= 11 is 1.32. The van der Waals surface area contributed by atoms with Gasteiger partial charge in [0.15, 0.2) is 4.96 Å². The third-order valence-electron chi connectivity index (χ3n) is 4.60. The molecule has 30 heavy (non-hydrogen) atoms. The zero-order chi connectivity index (χ0) is 21.3. The van der Waals surface area contributed by atoms with Gasteiger partial charge in [0.05, 0.1) is 18.5 Å². The Morgan fingerprint density at radius 1 is 1.10 bits per heavy atom. The summed E-state index contributed by atoms with van der Waals surface area (Å²) in [4.78, 5) is 30.3. The minimum absolute atomic E-state index is 0.193. The van der Waals surface area contributed by atoms with Crippen molar-refractivity contribution in [1.29, 1.82) is 0 Å². The van der Waals surface area contributed by atoms with Gasteiger partial charge in [0.2, 0.25) is 5.91 Å². The Balaban J connectivity index is 1.63. The largest absolute Gasteiger partial charge is 0.495 e. The second-order valence-corrected chi connectivity index (χ2v) is 7.69. The van der Waals surface area contributed by atoms with E-state index in [0.717, 1.165) is 21.9 Å². The van der Waals surface area contributed by atoms with E-state index in [1.54, 1.807) is 18.2 Å². The maximum Gasteiger partial charge on any atom is 0.267 e. The van der Waals surface area contributed by atoms with E-state index in [1.165, 1.54) is 25.4 Å². The van der Waals surface area contributed by atoms with Gasteiger partial charge in [-0.25, -0.2) is 4.98 Å². The summed E-state index contributed by atoms with van der Waals surface area (Å²) in [5.74, 6) is 0.0485. The van der Waals surface area contributed by atoms with Crippen molar-refractivity contribution in [2.45, 2.75) is 13.8 Å². The number of rotatable bonds is 5. The molecule has 7 nitrogen and oxygen atoms in total. The molecule has 8 heteroatoms. The lowest BCUT2D eigenvalue weighted by Gasteiger charge is -2.12. The van der Waals surface area contributed by atoms with Crippen LogP contribution in [0.3, 0.4) is 0 Å². The van der Waals surface area contributed by atoms with Crippen molar-refractivity contribution < 1.29 is 14.3 Å². The number of thiazole rings is 1. The summed E-state index contributed by atoms with van der Waals surface area (Å²) in [6.45, 7) is 3.32. The van der Waals surface area contributed by atoms with Crippen LogP contribution in [0.5, 0.6) is 5.75 Å². The average Bonchev–Trinajstić information content (AvgIpc) is 3.28. The van der Waals surface area contributed by atoms with Gasteiger partial charge in [-0.2, -0.15) is 0 Å². The predicted octanol–water partition coefficient (Wildman–Crippen LogP) is 4.59. The van der Waals surface area contributed by atoms with Gasteiger partial charge in [0.25, 0.3) is 5.91 Å². The third-order valence-corrected chi connectivity index (χ3v) is 5.76. The molecule has 0 spiro atoms. The fraction of sp³-hybridized carbons (Fsp3) is 0.136. The van der Waals surface area contributed by atoms with Gasteiger partial charge >= 0.3 is 0 Å². The molecule has 0 aliphatic carbocycles. The summed E-state index contributed by atoms with van der Waals surface area (Å²) in [6, 6.07) is 15.0. The highest BCUT2D eigenvalue weighted by molar-refractivity contribution is 7.19. The summed E-state index contributed by atoms with van der Waals surface area (Å²) in [5, 5.41) is 5.59. The molecule has 0 atom stereocenters. The molecule has 152 valence electrons. The molecule has 0 radical (unpaired) electrons. The van der Waals surface area contributed by atoms with Gasteiger partial charge < -0.3 is 15.4 Å². The number of nitrogens with one attached hydrogen (secondary N) is 2. The zero-order valence-electron chi connectivity index (χ0n) is 16.7. The molecule has 2 amide bonds. The fourth-order valence-electron chi connectivity index (χ4n) is 3.17. The first-order chi connectivity index (χ1) is 14.5. The van der Waals surface area contributed by atoms with Crippen LogP contribution in [-0.4, -0.2) is 28.3 Å². The molecule has 2 heterocycles. The maximum atomic E-state index is 13.0. The number of imidazole rings is 1. The minimum Gasteiger partial charge on any atom is -0.495 e. The minimum atomic E-state index is -0.262. The van der Waals surface area contributed by atoms with Gasteiger partial charge in [-0.05, 0) is 25.1 Å². The van der Waals surface area contributed by atoms with Crippen molar-refractivity contribution in [1.82, 2.24) is 9.38 Å². The molecule has 0 fully saturated rings. The number of ether oxygens (including phenoxy) is 1. The van der Waals surface area contributed by atoms with Crippen LogP contribution in [0.4, 0.5) is 11.4 Å². The van der Waals surface area contributed by atoms with Crippen molar-refractivity contribution in [3.8, 4) is 17.0 Å². The third kappa shape index (κ3) is 3.77. The molecule has 2 N–H and O–H groups in total. The number of aryl methyl sites for hydroxylation is 1. The van der Waals surface area contributed by atoms with Crippen LogP contribution in [0.25, 0.3) is 16.2 Å². The van der Waals surface area contributed by atoms with E-state index in [-0.39, 0.29) is 11.8 Å². The van der Waals surface area contributed by atoms with Gasteiger partial charge in [-0.1, -0.05) is 41.7 Å². The highest BCUT2D eigenvalue weighted by Gasteiger charge is 2.19. The number of hydrogen-bond donors (Lipinski definition) is 2. The molecule has 0 saturated heterocycles. The lowest BCUT2D eigenvalue weighted by Crippen LogP contribution is -2.13. The first kappa shape index (κ1) is 19.7. The van der Waals surface area contributed by atoms with E-state index in [9.17, 15) is 9.59 Å². The van der Waals surface area contributed by atoms with Crippen LogP contribution >= 0.6 is 11.3 Å². The summed E-state index contributed by atoms with van der Waals surface area (Å²) in [5.41, 5.74) is 3.74. The molecule has 0 bridgehead atoms. The van der Waals surface area contributed by atoms with E-state index in [4.69, 9.17) is 4.74 Å². The monoisotopic (exact) mass is 420 g/mol. The second-order valence-electron chi connectivity index (χ2n) is 6.71. The number of hydrogen-bond acceptors (Lipinski definition) is 5. The predicted molar refractivity (Wildman–Crippen MR) is 118 cm³/mol. The zero-order valence-corrected chi connectivity index (χ0v) is 17.5. The Bertz CT molecular complexity index is 1240. The Kier molecular flexibility index (Phi) is 5.24. The Morgan fingerprint density at radius 2 is 1.87 bits per heavy atom. The van der Waals surface area contributed by atoms with E-state index >= 15 is 0 Å². The van der Waals surface area contributed by atoms with Crippen molar-refractivity contribution >= 4 is 39.5 Å². The topological polar surface area (TPSA) is 84.7 Å². The van der Waals surface area contributed by atoms with Crippen LogP contribution in [-0.2, 0) is 4.79 Å². The van der Waals surface area contributed by atoms with Crippen LogP contribution in [0.1, 0.15) is 22.3 Å². The number of nitrogens with zero attached hydrogens (tertiary/aromatic N) is 2. The fourth-order valence-corrected chi connectivity index (χ4v) is 4.18. The van der Waals surface area contributed by atoms with E-state index in [0.29, 0.717) is 22.0 Å². The number of anilines is 2. The highest BCUT2D eigenvalue weighted by atomic mass is 32.1. The number of methoxy groups -OCH3 is 1. The molecular weight excluding hydrogens is 400 g/mol. The molecule has 4 aromatic rings. The first-order valence-corrected chi connectivity index (χ1v) is 10.1. The van der Waals surface area contributed by atoms with Gasteiger partial charge in [-0.15, -0.1) is 0 Å². The average molecular weight is 420 g/mol. The van der Waals surface area contributed by atoms with Crippen molar-refractivity contribution in [2.24, 2.45) is 0 Å². The molecule has 2 aromatic heterocycles. The first-order valence-electron chi connectivity index (χ1n) is 9.27. The van der Waals surface area contributed by atoms with E-state index < -0.39 is 0 Å². The van der Waals surface area contributed by atoms with Gasteiger partial charge in [0, 0.05) is 30.1 Å².